The Hall–Kier alpha value is -1.94. The first-order valence-corrected chi connectivity index (χ1v) is 7.07. The molecule has 0 bridgehead atoms. The Morgan fingerprint density at radius 3 is 2.85 bits per heavy atom. The number of pyridine rings is 1. The predicted octanol–water partition coefficient (Wildman–Crippen LogP) is 2.57. The number of rotatable bonds is 4. The molecule has 3 rings (SSSR count). The van der Waals surface area contributed by atoms with Crippen molar-refractivity contribution in [3.63, 3.8) is 0 Å². The van der Waals surface area contributed by atoms with Crippen LogP contribution in [0.2, 0.25) is 0 Å². The van der Waals surface area contributed by atoms with E-state index in [-0.39, 0.29) is 5.56 Å². The third-order valence-corrected chi connectivity index (χ3v) is 3.96. The molecule has 20 heavy (non-hydrogen) atoms. The fourth-order valence-corrected chi connectivity index (χ4v) is 2.83. The van der Waals surface area contributed by atoms with Gasteiger partial charge in [0.1, 0.15) is 0 Å². The average molecular weight is 270 g/mol. The predicted molar refractivity (Wildman–Crippen MR) is 78.1 cm³/mol. The molecule has 0 amide bonds. The molecule has 0 unspecified atom stereocenters. The van der Waals surface area contributed by atoms with Crippen LogP contribution in [0.5, 0.6) is 0 Å². The Bertz CT molecular complexity index is 633. The number of aromatic carboxylic acids is 1. The van der Waals surface area contributed by atoms with Crippen LogP contribution < -0.4 is 0 Å². The lowest BCUT2D eigenvalue weighted by Crippen LogP contribution is -2.22. The van der Waals surface area contributed by atoms with Gasteiger partial charge < -0.3 is 10.0 Å². The van der Waals surface area contributed by atoms with Gasteiger partial charge in [-0.3, -0.25) is 4.98 Å². The SMILES string of the molecule is O=C(O)c1cnc2cccc(CCN3CCCC3)c2c1. The van der Waals surface area contributed by atoms with Crippen molar-refractivity contribution >= 4 is 16.9 Å². The Labute approximate surface area is 118 Å². The molecular weight excluding hydrogens is 252 g/mol. The number of carboxylic acid groups (broad SMARTS) is 1. The highest BCUT2D eigenvalue weighted by Gasteiger charge is 2.12. The second-order valence-electron chi connectivity index (χ2n) is 5.31. The normalized spacial score (nSPS) is 15.8. The van der Waals surface area contributed by atoms with Crippen LogP contribution in [0.1, 0.15) is 28.8 Å². The molecule has 104 valence electrons. The van der Waals surface area contributed by atoms with Crippen LogP contribution in [-0.4, -0.2) is 40.6 Å². The zero-order valence-corrected chi connectivity index (χ0v) is 11.4. The molecule has 4 heteroatoms. The summed E-state index contributed by atoms with van der Waals surface area (Å²) in [6.45, 7) is 3.41. The van der Waals surface area contributed by atoms with Gasteiger partial charge in [-0.1, -0.05) is 12.1 Å². The van der Waals surface area contributed by atoms with Crippen molar-refractivity contribution < 1.29 is 9.90 Å². The van der Waals surface area contributed by atoms with E-state index in [1.807, 2.05) is 12.1 Å². The van der Waals surface area contributed by atoms with E-state index in [0.717, 1.165) is 23.9 Å². The van der Waals surface area contributed by atoms with Crippen molar-refractivity contribution in [3.05, 3.63) is 41.6 Å². The van der Waals surface area contributed by atoms with Gasteiger partial charge in [-0.2, -0.15) is 0 Å². The number of nitrogens with zero attached hydrogens (tertiary/aromatic N) is 2. The van der Waals surface area contributed by atoms with Gasteiger partial charge in [0.05, 0.1) is 11.1 Å². The highest BCUT2D eigenvalue weighted by molar-refractivity contribution is 5.93. The summed E-state index contributed by atoms with van der Waals surface area (Å²) in [5, 5.41) is 10.1. The van der Waals surface area contributed by atoms with E-state index in [2.05, 4.69) is 16.0 Å². The van der Waals surface area contributed by atoms with Crippen molar-refractivity contribution in [3.8, 4) is 0 Å². The molecule has 0 atom stereocenters. The quantitative estimate of drug-likeness (QED) is 0.927. The Morgan fingerprint density at radius 1 is 1.30 bits per heavy atom. The van der Waals surface area contributed by atoms with Gasteiger partial charge >= 0.3 is 5.97 Å². The molecule has 1 aliphatic rings. The van der Waals surface area contributed by atoms with Crippen LogP contribution in [-0.2, 0) is 6.42 Å². The third kappa shape index (κ3) is 2.65. The van der Waals surface area contributed by atoms with Crippen molar-refractivity contribution in [2.45, 2.75) is 19.3 Å². The fourth-order valence-electron chi connectivity index (χ4n) is 2.83. The lowest BCUT2D eigenvalue weighted by Gasteiger charge is -2.15. The van der Waals surface area contributed by atoms with Gasteiger partial charge in [-0.05, 0) is 50.0 Å². The van der Waals surface area contributed by atoms with E-state index in [0.29, 0.717) is 0 Å². The summed E-state index contributed by atoms with van der Waals surface area (Å²) in [6.07, 6.45) is 4.96. The molecular formula is C16H18N2O2. The van der Waals surface area contributed by atoms with Crippen molar-refractivity contribution in [1.82, 2.24) is 9.88 Å². The van der Waals surface area contributed by atoms with Crippen LogP contribution in [0.3, 0.4) is 0 Å². The lowest BCUT2D eigenvalue weighted by atomic mass is 10.0. The number of fused-ring (bicyclic) bond motifs is 1. The molecule has 1 aromatic heterocycles. The van der Waals surface area contributed by atoms with E-state index >= 15 is 0 Å². The van der Waals surface area contributed by atoms with Crippen LogP contribution in [0.15, 0.2) is 30.5 Å². The minimum absolute atomic E-state index is 0.256. The van der Waals surface area contributed by atoms with E-state index in [9.17, 15) is 4.79 Å². The highest BCUT2D eigenvalue weighted by Crippen LogP contribution is 2.20. The second-order valence-corrected chi connectivity index (χ2v) is 5.31. The summed E-state index contributed by atoms with van der Waals surface area (Å²) in [6, 6.07) is 7.74. The maximum atomic E-state index is 11.1. The van der Waals surface area contributed by atoms with E-state index in [1.54, 1.807) is 6.07 Å². The summed E-state index contributed by atoms with van der Waals surface area (Å²) in [5.74, 6) is -0.922. The van der Waals surface area contributed by atoms with Gasteiger partial charge in [0, 0.05) is 18.1 Å². The monoisotopic (exact) mass is 270 g/mol. The zero-order chi connectivity index (χ0) is 13.9. The number of hydrogen-bond acceptors (Lipinski definition) is 3. The number of hydrogen-bond donors (Lipinski definition) is 1. The summed E-state index contributed by atoms with van der Waals surface area (Å²) < 4.78 is 0. The Balaban J connectivity index is 1.88. The molecule has 2 aromatic rings. The van der Waals surface area contributed by atoms with Gasteiger partial charge in [-0.25, -0.2) is 4.79 Å². The summed E-state index contributed by atoms with van der Waals surface area (Å²) in [7, 11) is 0. The largest absolute Gasteiger partial charge is 0.478 e. The van der Waals surface area contributed by atoms with Crippen LogP contribution in [0, 0.1) is 0 Å². The lowest BCUT2D eigenvalue weighted by molar-refractivity contribution is 0.0696. The van der Waals surface area contributed by atoms with E-state index in [1.165, 1.54) is 37.7 Å². The van der Waals surface area contributed by atoms with Gasteiger partial charge in [0.2, 0.25) is 0 Å². The Kier molecular flexibility index (Phi) is 3.65. The molecule has 0 spiro atoms. The average Bonchev–Trinajstić information content (AvgIpc) is 2.97. The first kappa shape index (κ1) is 13.1. The summed E-state index contributed by atoms with van der Waals surface area (Å²) in [4.78, 5) is 17.8. The number of likely N-dealkylation sites (tertiary alicyclic amines) is 1. The number of carboxylic acids is 1. The fraction of sp³-hybridized carbons (Fsp3) is 0.375. The third-order valence-electron chi connectivity index (χ3n) is 3.96. The Morgan fingerprint density at radius 2 is 2.10 bits per heavy atom. The van der Waals surface area contributed by atoms with Crippen LogP contribution >= 0.6 is 0 Å². The molecule has 1 N–H and O–H groups in total. The molecule has 1 saturated heterocycles. The first-order valence-electron chi connectivity index (χ1n) is 7.07. The van der Waals surface area contributed by atoms with Gasteiger partial charge in [-0.15, -0.1) is 0 Å². The second kappa shape index (κ2) is 5.59. The van der Waals surface area contributed by atoms with Gasteiger partial charge in [0.15, 0.2) is 0 Å². The molecule has 0 radical (unpaired) electrons. The highest BCUT2D eigenvalue weighted by atomic mass is 16.4. The number of aromatic nitrogens is 1. The van der Waals surface area contributed by atoms with E-state index in [4.69, 9.17) is 5.11 Å². The van der Waals surface area contributed by atoms with Crippen LogP contribution in [0.25, 0.3) is 10.9 Å². The molecule has 1 aliphatic heterocycles. The van der Waals surface area contributed by atoms with Gasteiger partial charge in [0.25, 0.3) is 0 Å². The molecule has 0 aliphatic carbocycles. The minimum Gasteiger partial charge on any atom is -0.478 e. The molecule has 2 heterocycles. The van der Waals surface area contributed by atoms with Crippen LogP contribution in [0.4, 0.5) is 0 Å². The first-order chi connectivity index (χ1) is 9.74. The number of carbonyl (C=O) groups is 1. The van der Waals surface area contributed by atoms with Crippen molar-refractivity contribution in [2.24, 2.45) is 0 Å². The molecule has 1 aromatic carbocycles. The van der Waals surface area contributed by atoms with Crippen molar-refractivity contribution in [2.75, 3.05) is 19.6 Å². The van der Waals surface area contributed by atoms with E-state index < -0.39 is 5.97 Å². The maximum absolute atomic E-state index is 11.1. The number of benzene rings is 1. The smallest absolute Gasteiger partial charge is 0.337 e. The topological polar surface area (TPSA) is 53.4 Å². The molecule has 1 fully saturated rings. The standard InChI is InChI=1S/C16H18N2O2/c19-16(20)13-10-14-12(4-3-5-15(14)17-11-13)6-9-18-7-1-2-8-18/h3-5,10-11H,1-2,6-9H2,(H,19,20). The maximum Gasteiger partial charge on any atom is 0.337 e. The molecule has 0 saturated carbocycles. The zero-order valence-electron chi connectivity index (χ0n) is 11.4. The van der Waals surface area contributed by atoms with Crippen molar-refractivity contribution in [1.29, 1.82) is 0 Å². The molecule has 4 nitrogen and oxygen atoms in total. The minimum atomic E-state index is -0.922. The summed E-state index contributed by atoms with van der Waals surface area (Å²) >= 11 is 0. The summed E-state index contributed by atoms with van der Waals surface area (Å²) in [5.41, 5.74) is 2.31.